The van der Waals surface area contributed by atoms with Crippen LogP contribution in [-0.4, -0.2) is 43.8 Å². The van der Waals surface area contributed by atoms with Gasteiger partial charge in [0, 0.05) is 31.7 Å². The van der Waals surface area contributed by atoms with Crippen LogP contribution in [0, 0.1) is 11.7 Å². The number of rotatable bonds is 4. The zero-order valence-corrected chi connectivity index (χ0v) is 17.9. The molecule has 0 unspecified atom stereocenters. The van der Waals surface area contributed by atoms with Gasteiger partial charge in [-0.25, -0.2) is 4.39 Å². The Hall–Kier alpha value is -1.09. The van der Waals surface area contributed by atoms with Crippen molar-refractivity contribution in [2.45, 2.75) is 39.7 Å². The molecule has 0 amide bonds. The average Bonchev–Trinajstić information content (AvgIpc) is 2.61. The quantitative estimate of drug-likeness (QED) is 0.410. The summed E-state index contributed by atoms with van der Waals surface area (Å²) < 4.78 is 24.6. The van der Waals surface area contributed by atoms with Crippen LogP contribution in [0.25, 0.3) is 0 Å². The Morgan fingerprint density at radius 3 is 2.85 bits per heavy atom. The third kappa shape index (κ3) is 5.45. The summed E-state index contributed by atoms with van der Waals surface area (Å²) in [5.41, 5.74) is 1.65. The summed E-state index contributed by atoms with van der Waals surface area (Å²) in [6.07, 6.45) is 3.06. The first-order valence-corrected chi connectivity index (χ1v) is 9.22. The molecule has 1 aromatic carbocycles. The van der Waals surface area contributed by atoms with E-state index in [9.17, 15) is 4.39 Å². The summed E-state index contributed by atoms with van der Waals surface area (Å²) in [4.78, 5) is 7.09. The average molecular weight is 477 g/mol. The highest BCUT2D eigenvalue weighted by Crippen LogP contribution is 2.29. The van der Waals surface area contributed by atoms with Crippen molar-refractivity contribution in [3.8, 4) is 5.75 Å². The number of fused-ring (bicyclic) bond motifs is 1. The van der Waals surface area contributed by atoms with Gasteiger partial charge in [-0.3, -0.25) is 4.99 Å². The van der Waals surface area contributed by atoms with E-state index in [0.29, 0.717) is 19.6 Å². The van der Waals surface area contributed by atoms with Crippen molar-refractivity contribution in [1.29, 1.82) is 0 Å². The molecule has 0 saturated carbocycles. The van der Waals surface area contributed by atoms with Crippen LogP contribution in [0.4, 0.5) is 4.39 Å². The van der Waals surface area contributed by atoms with E-state index >= 15 is 0 Å². The van der Waals surface area contributed by atoms with Crippen LogP contribution in [0.3, 0.4) is 0 Å². The van der Waals surface area contributed by atoms with Crippen LogP contribution < -0.4 is 10.1 Å². The maximum absolute atomic E-state index is 13.8. The number of piperidine rings is 1. The Morgan fingerprint density at radius 1 is 1.35 bits per heavy atom. The molecule has 146 valence electrons. The smallest absolute Gasteiger partial charge is 0.193 e. The Morgan fingerprint density at radius 2 is 2.12 bits per heavy atom. The predicted octanol–water partition coefficient (Wildman–Crippen LogP) is 3.55. The summed E-state index contributed by atoms with van der Waals surface area (Å²) >= 11 is 0. The van der Waals surface area contributed by atoms with Crippen molar-refractivity contribution < 1.29 is 13.9 Å². The Labute approximate surface area is 172 Å². The number of guanidine groups is 1. The van der Waals surface area contributed by atoms with Gasteiger partial charge in [-0.15, -0.1) is 24.0 Å². The molecular formula is C19H29FIN3O2. The molecule has 0 radical (unpaired) electrons. The highest BCUT2D eigenvalue weighted by Gasteiger charge is 2.19. The lowest BCUT2D eigenvalue weighted by Gasteiger charge is -2.33. The van der Waals surface area contributed by atoms with Gasteiger partial charge >= 0.3 is 0 Å². The van der Waals surface area contributed by atoms with E-state index in [1.165, 1.54) is 18.9 Å². The number of halogens is 2. The van der Waals surface area contributed by atoms with Gasteiger partial charge in [0.25, 0.3) is 0 Å². The molecule has 1 N–H and O–H groups in total. The molecule has 2 heterocycles. The second-order valence-electron chi connectivity index (χ2n) is 6.82. The lowest BCUT2D eigenvalue weighted by molar-refractivity contribution is -0.0172. The second kappa shape index (κ2) is 10.3. The molecule has 1 saturated heterocycles. The minimum atomic E-state index is -0.247. The highest BCUT2D eigenvalue weighted by atomic mass is 127. The van der Waals surface area contributed by atoms with Crippen LogP contribution in [0.15, 0.2) is 17.1 Å². The van der Waals surface area contributed by atoms with Gasteiger partial charge in [0.2, 0.25) is 0 Å². The number of likely N-dealkylation sites (tertiary alicyclic amines) is 1. The van der Waals surface area contributed by atoms with E-state index in [4.69, 9.17) is 14.5 Å². The van der Waals surface area contributed by atoms with Gasteiger partial charge in [0.05, 0.1) is 6.61 Å². The lowest BCUT2D eigenvalue weighted by atomic mass is 9.99. The zero-order chi connectivity index (χ0) is 17.6. The molecule has 7 heteroatoms. The zero-order valence-electron chi connectivity index (χ0n) is 15.6. The van der Waals surface area contributed by atoms with Crippen molar-refractivity contribution in [1.82, 2.24) is 10.2 Å². The van der Waals surface area contributed by atoms with Crippen LogP contribution in [-0.2, 0) is 17.8 Å². The molecule has 0 aromatic heterocycles. The van der Waals surface area contributed by atoms with Gasteiger partial charge in [0.15, 0.2) is 12.8 Å². The fourth-order valence-corrected chi connectivity index (χ4v) is 3.37. The van der Waals surface area contributed by atoms with Crippen LogP contribution in [0.5, 0.6) is 5.75 Å². The number of hydrogen-bond donors (Lipinski definition) is 1. The molecule has 1 aromatic rings. The lowest BCUT2D eigenvalue weighted by Crippen LogP contribution is -2.45. The SMILES string of the molecule is CCNC(=NCCc1cc(F)cc2c1OCOC2)N1CCC(C)CC1.I. The number of aliphatic imine (C=N–C) groups is 1. The number of hydrogen-bond acceptors (Lipinski definition) is 3. The van der Waals surface area contributed by atoms with E-state index < -0.39 is 0 Å². The normalized spacial score (nSPS) is 18.0. The van der Waals surface area contributed by atoms with Gasteiger partial charge in [0.1, 0.15) is 11.6 Å². The monoisotopic (exact) mass is 477 g/mol. The van der Waals surface area contributed by atoms with Crippen molar-refractivity contribution in [3.63, 3.8) is 0 Å². The van der Waals surface area contributed by atoms with Crippen molar-refractivity contribution in [2.75, 3.05) is 33.0 Å². The molecule has 2 aliphatic heterocycles. The summed E-state index contributed by atoms with van der Waals surface area (Å²) in [5.74, 6) is 2.27. The molecule has 2 aliphatic rings. The first-order chi connectivity index (χ1) is 12.2. The predicted molar refractivity (Wildman–Crippen MR) is 112 cm³/mol. The minimum Gasteiger partial charge on any atom is -0.467 e. The summed E-state index contributed by atoms with van der Waals surface area (Å²) in [7, 11) is 0. The third-order valence-electron chi connectivity index (χ3n) is 4.81. The fourth-order valence-electron chi connectivity index (χ4n) is 3.37. The molecule has 0 bridgehead atoms. The summed E-state index contributed by atoms with van der Waals surface area (Å²) in [6.45, 7) is 8.55. The molecular weight excluding hydrogens is 448 g/mol. The van der Waals surface area contributed by atoms with Crippen molar-refractivity contribution in [3.05, 3.63) is 29.1 Å². The molecule has 0 atom stereocenters. The van der Waals surface area contributed by atoms with Crippen LogP contribution in [0.2, 0.25) is 0 Å². The standard InChI is InChI=1S/C19H28FN3O2.HI/c1-3-21-19(23-8-5-14(2)6-9-23)22-7-4-15-10-17(20)11-16-12-24-13-25-18(15)16;/h10-11,14H,3-9,12-13H2,1-2H3,(H,21,22);1H. The first kappa shape index (κ1) is 21.2. The van der Waals surface area contributed by atoms with Gasteiger partial charge in [-0.2, -0.15) is 0 Å². The Kier molecular flexibility index (Phi) is 8.40. The molecule has 3 rings (SSSR count). The second-order valence-corrected chi connectivity index (χ2v) is 6.82. The van der Waals surface area contributed by atoms with E-state index in [0.717, 1.165) is 48.4 Å². The van der Waals surface area contributed by atoms with E-state index in [1.807, 2.05) is 0 Å². The fraction of sp³-hybridized carbons (Fsp3) is 0.632. The maximum atomic E-state index is 13.8. The van der Waals surface area contributed by atoms with Gasteiger partial charge < -0.3 is 19.7 Å². The molecule has 0 spiro atoms. The molecule has 1 fully saturated rings. The van der Waals surface area contributed by atoms with Crippen LogP contribution >= 0.6 is 24.0 Å². The number of ether oxygens (including phenoxy) is 2. The van der Waals surface area contributed by atoms with E-state index in [1.54, 1.807) is 6.07 Å². The highest BCUT2D eigenvalue weighted by molar-refractivity contribution is 14.0. The Balaban J connectivity index is 0.00000243. The van der Waals surface area contributed by atoms with E-state index in [-0.39, 0.29) is 36.6 Å². The first-order valence-electron chi connectivity index (χ1n) is 9.22. The largest absolute Gasteiger partial charge is 0.467 e. The van der Waals surface area contributed by atoms with Gasteiger partial charge in [-0.1, -0.05) is 6.92 Å². The van der Waals surface area contributed by atoms with Gasteiger partial charge in [-0.05, 0) is 49.8 Å². The molecule has 26 heavy (non-hydrogen) atoms. The molecule has 5 nitrogen and oxygen atoms in total. The number of nitrogens with one attached hydrogen (secondary N) is 1. The third-order valence-corrected chi connectivity index (χ3v) is 4.81. The van der Waals surface area contributed by atoms with Crippen LogP contribution in [0.1, 0.15) is 37.8 Å². The Bertz CT molecular complexity index is 619. The molecule has 0 aliphatic carbocycles. The number of nitrogens with zero attached hydrogens (tertiary/aromatic N) is 2. The van der Waals surface area contributed by atoms with Crippen molar-refractivity contribution >= 4 is 29.9 Å². The summed E-state index contributed by atoms with van der Waals surface area (Å²) in [6, 6.07) is 3.04. The topological polar surface area (TPSA) is 46.1 Å². The number of benzene rings is 1. The van der Waals surface area contributed by atoms with Crippen molar-refractivity contribution in [2.24, 2.45) is 10.9 Å². The minimum absolute atomic E-state index is 0. The summed E-state index contributed by atoms with van der Waals surface area (Å²) in [5, 5.41) is 3.38. The maximum Gasteiger partial charge on any atom is 0.193 e. The van der Waals surface area contributed by atoms with E-state index in [2.05, 4.69) is 24.1 Å².